The summed E-state index contributed by atoms with van der Waals surface area (Å²) in [5.74, 6) is -2.11. The van der Waals surface area contributed by atoms with Crippen LogP contribution in [0, 0.1) is 11.6 Å². The minimum Gasteiger partial charge on any atom is -0.449 e. The van der Waals surface area contributed by atoms with Gasteiger partial charge in [0.1, 0.15) is 11.5 Å². The van der Waals surface area contributed by atoms with Crippen LogP contribution < -0.4 is 20.4 Å². The molecule has 2 N–H and O–H groups in total. The van der Waals surface area contributed by atoms with E-state index in [1.54, 1.807) is 4.90 Å². The fraction of sp³-hybridized carbons (Fsp3) is 0.474. The van der Waals surface area contributed by atoms with Crippen LogP contribution in [0.3, 0.4) is 0 Å². The lowest BCUT2D eigenvalue weighted by atomic mass is 10.1. The number of carboxylic acid groups (broad SMARTS) is 1. The number of benzene rings is 1. The van der Waals surface area contributed by atoms with E-state index in [1.807, 2.05) is 13.8 Å². The summed E-state index contributed by atoms with van der Waals surface area (Å²) in [5.41, 5.74) is -1.02. The minimum atomic E-state index is -1.65. The number of rotatable bonds is 3. The first kappa shape index (κ1) is 18.7. The second-order valence-electron chi connectivity index (χ2n) is 7.56. The SMILES string of the molecule is CC1CN(c2c(F)cc3c(=O)c(OC(=O)O)cn(C4CC4)c3c2F)C(C)CN1. The number of nitrogens with zero attached hydrogens (tertiary/aromatic N) is 2. The first-order chi connectivity index (χ1) is 13.3. The molecule has 1 aliphatic heterocycles. The van der Waals surface area contributed by atoms with Crippen molar-refractivity contribution in [1.29, 1.82) is 0 Å². The summed E-state index contributed by atoms with van der Waals surface area (Å²) in [6, 6.07) is 0.839. The molecule has 2 aliphatic rings. The zero-order chi connectivity index (χ0) is 20.2. The highest BCUT2D eigenvalue weighted by Crippen LogP contribution is 2.40. The second-order valence-corrected chi connectivity index (χ2v) is 7.56. The van der Waals surface area contributed by atoms with Crippen molar-refractivity contribution >= 4 is 22.7 Å². The van der Waals surface area contributed by atoms with Crippen LogP contribution in [0.5, 0.6) is 5.75 Å². The van der Waals surface area contributed by atoms with Gasteiger partial charge in [-0.1, -0.05) is 0 Å². The van der Waals surface area contributed by atoms with Gasteiger partial charge in [0, 0.05) is 31.2 Å². The number of nitrogens with one attached hydrogen (secondary N) is 1. The average molecular weight is 393 g/mol. The molecular weight excluding hydrogens is 372 g/mol. The molecule has 0 spiro atoms. The minimum absolute atomic E-state index is 0.0139. The lowest BCUT2D eigenvalue weighted by Gasteiger charge is -2.39. The van der Waals surface area contributed by atoms with E-state index in [0.717, 1.165) is 18.9 Å². The normalized spacial score (nSPS) is 22.5. The predicted molar refractivity (Wildman–Crippen MR) is 99.3 cm³/mol. The highest BCUT2D eigenvalue weighted by molar-refractivity contribution is 5.86. The van der Waals surface area contributed by atoms with E-state index >= 15 is 4.39 Å². The number of hydrogen-bond donors (Lipinski definition) is 2. The summed E-state index contributed by atoms with van der Waals surface area (Å²) in [5, 5.41) is 11.9. The number of halogens is 2. The Labute approximate surface area is 159 Å². The third kappa shape index (κ3) is 3.09. The smallest absolute Gasteiger partial charge is 0.449 e. The number of carbonyl (C=O) groups is 1. The quantitative estimate of drug-likeness (QED) is 0.781. The highest BCUT2D eigenvalue weighted by atomic mass is 19.1. The van der Waals surface area contributed by atoms with Gasteiger partial charge in [0.2, 0.25) is 5.43 Å². The van der Waals surface area contributed by atoms with Crippen molar-refractivity contribution in [3.05, 3.63) is 34.1 Å². The number of hydrogen-bond acceptors (Lipinski definition) is 5. The molecule has 0 radical (unpaired) electrons. The van der Waals surface area contributed by atoms with Crippen molar-refractivity contribution in [1.82, 2.24) is 9.88 Å². The van der Waals surface area contributed by atoms with Crippen LogP contribution in [-0.2, 0) is 0 Å². The lowest BCUT2D eigenvalue weighted by molar-refractivity contribution is 0.143. The van der Waals surface area contributed by atoms with Gasteiger partial charge in [-0.2, -0.15) is 0 Å². The number of anilines is 1. The second kappa shape index (κ2) is 6.73. The highest BCUT2D eigenvalue weighted by Gasteiger charge is 2.33. The molecule has 1 aromatic heterocycles. The van der Waals surface area contributed by atoms with Crippen LogP contribution in [0.25, 0.3) is 10.9 Å². The number of ether oxygens (including phenoxy) is 1. The van der Waals surface area contributed by atoms with Gasteiger partial charge < -0.3 is 24.6 Å². The molecule has 28 heavy (non-hydrogen) atoms. The van der Waals surface area contributed by atoms with Gasteiger partial charge in [0.15, 0.2) is 11.6 Å². The van der Waals surface area contributed by atoms with Gasteiger partial charge in [-0.15, -0.1) is 0 Å². The van der Waals surface area contributed by atoms with Crippen molar-refractivity contribution in [2.45, 2.75) is 44.8 Å². The maximum absolute atomic E-state index is 15.6. The van der Waals surface area contributed by atoms with Crippen molar-refractivity contribution in [3.8, 4) is 5.75 Å². The number of pyridine rings is 1. The summed E-state index contributed by atoms with van der Waals surface area (Å²) >= 11 is 0. The summed E-state index contributed by atoms with van der Waals surface area (Å²) in [6.45, 7) is 4.82. The van der Waals surface area contributed by atoms with E-state index in [9.17, 15) is 14.0 Å². The lowest BCUT2D eigenvalue weighted by Crippen LogP contribution is -2.55. The molecule has 2 unspecified atom stereocenters. The fourth-order valence-electron chi connectivity index (χ4n) is 3.81. The Kier molecular flexibility index (Phi) is 4.49. The monoisotopic (exact) mass is 393 g/mol. The van der Waals surface area contributed by atoms with Crippen LogP contribution in [0.2, 0.25) is 0 Å². The van der Waals surface area contributed by atoms with E-state index in [-0.39, 0.29) is 34.7 Å². The molecule has 2 fully saturated rings. The third-order valence-corrected chi connectivity index (χ3v) is 5.34. The molecule has 0 amide bonds. The Bertz CT molecular complexity index is 1020. The number of fused-ring (bicyclic) bond motifs is 1. The van der Waals surface area contributed by atoms with Gasteiger partial charge in [-0.05, 0) is 32.8 Å². The molecule has 150 valence electrons. The Morgan fingerprint density at radius 1 is 1.32 bits per heavy atom. The molecule has 2 aromatic rings. The Balaban J connectivity index is 1.96. The maximum Gasteiger partial charge on any atom is 0.511 e. The molecule has 1 aromatic carbocycles. The Hall–Kier alpha value is -2.68. The molecule has 7 nitrogen and oxygen atoms in total. The van der Waals surface area contributed by atoms with Crippen LogP contribution in [0.15, 0.2) is 17.1 Å². The summed E-state index contributed by atoms with van der Waals surface area (Å²) in [7, 11) is 0. The summed E-state index contributed by atoms with van der Waals surface area (Å²) in [4.78, 5) is 25.2. The first-order valence-electron chi connectivity index (χ1n) is 9.25. The van der Waals surface area contributed by atoms with Crippen molar-refractivity contribution in [3.63, 3.8) is 0 Å². The van der Waals surface area contributed by atoms with E-state index < -0.39 is 29.0 Å². The summed E-state index contributed by atoms with van der Waals surface area (Å²) < 4.78 is 36.7. The van der Waals surface area contributed by atoms with E-state index in [4.69, 9.17) is 5.11 Å². The third-order valence-electron chi connectivity index (χ3n) is 5.34. The zero-order valence-corrected chi connectivity index (χ0v) is 15.5. The first-order valence-corrected chi connectivity index (χ1v) is 9.25. The molecular formula is C19H21F2N3O4. The molecule has 0 bridgehead atoms. The molecule has 9 heteroatoms. The van der Waals surface area contributed by atoms with Gasteiger partial charge in [-0.3, -0.25) is 4.79 Å². The molecule has 2 atom stereocenters. The van der Waals surface area contributed by atoms with Gasteiger partial charge >= 0.3 is 6.16 Å². The topological polar surface area (TPSA) is 83.8 Å². The van der Waals surface area contributed by atoms with Crippen molar-refractivity contribution in [2.24, 2.45) is 0 Å². The van der Waals surface area contributed by atoms with Gasteiger partial charge in [0.25, 0.3) is 0 Å². The predicted octanol–water partition coefficient (Wildman–Crippen LogP) is 2.86. The van der Waals surface area contributed by atoms with Crippen molar-refractivity contribution < 1.29 is 23.4 Å². The fourth-order valence-corrected chi connectivity index (χ4v) is 3.81. The average Bonchev–Trinajstić information content (AvgIpc) is 3.45. The van der Waals surface area contributed by atoms with Crippen LogP contribution >= 0.6 is 0 Å². The number of aromatic nitrogens is 1. The largest absolute Gasteiger partial charge is 0.511 e. The molecule has 1 saturated carbocycles. The van der Waals surface area contributed by atoms with Crippen LogP contribution in [0.1, 0.15) is 32.7 Å². The number of piperazine rings is 1. The van der Waals surface area contributed by atoms with Gasteiger partial charge in [0.05, 0.1) is 17.1 Å². The van der Waals surface area contributed by atoms with Crippen LogP contribution in [0.4, 0.5) is 19.3 Å². The van der Waals surface area contributed by atoms with E-state index in [1.165, 1.54) is 10.8 Å². The molecule has 1 saturated heterocycles. The summed E-state index contributed by atoms with van der Waals surface area (Å²) in [6.07, 6.45) is 1.08. The Morgan fingerprint density at radius 3 is 2.68 bits per heavy atom. The van der Waals surface area contributed by atoms with E-state index in [0.29, 0.717) is 13.1 Å². The molecule has 2 heterocycles. The van der Waals surface area contributed by atoms with E-state index in [2.05, 4.69) is 10.1 Å². The van der Waals surface area contributed by atoms with Crippen molar-refractivity contribution in [2.75, 3.05) is 18.0 Å². The maximum atomic E-state index is 15.6. The van der Waals surface area contributed by atoms with Gasteiger partial charge in [-0.25, -0.2) is 13.6 Å². The Morgan fingerprint density at radius 2 is 2.04 bits per heavy atom. The zero-order valence-electron chi connectivity index (χ0n) is 15.5. The molecule has 4 rings (SSSR count). The van der Waals surface area contributed by atoms with Crippen LogP contribution in [-0.4, -0.2) is 41.0 Å². The molecule has 1 aliphatic carbocycles. The standard InChI is InChI=1S/C19H21F2N3O4/c1-9-7-23(10(2)6-22-9)17-13(20)5-12-16(15(17)21)24(11-3-4-11)8-14(18(12)25)28-19(26)27/h5,8-11,22H,3-4,6-7H2,1-2H3,(H,26,27).